The second-order valence-electron chi connectivity index (χ2n) is 6.39. The van der Waals surface area contributed by atoms with Gasteiger partial charge in [0.1, 0.15) is 6.61 Å². The third-order valence-corrected chi connectivity index (χ3v) is 4.98. The van der Waals surface area contributed by atoms with E-state index < -0.39 is 0 Å². The molecule has 21 heavy (non-hydrogen) atoms. The van der Waals surface area contributed by atoms with Gasteiger partial charge in [-0.1, -0.05) is 6.07 Å². The first-order chi connectivity index (χ1) is 10.2. The van der Waals surface area contributed by atoms with E-state index in [1.807, 2.05) is 0 Å². The minimum atomic E-state index is -0.245. The van der Waals surface area contributed by atoms with E-state index in [-0.39, 0.29) is 5.97 Å². The maximum atomic E-state index is 12.1. The summed E-state index contributed by atoms with van der Waals surface area (Å²) in [7, 11) is 0. The second-order valence-corrected chi connectivity index (χ2v) is 6.39. The van der Waals surface area contributed by atoms with Crippen LogP contribution in [0.5, 0.6) is 0 Å². The van der Waals surface area contributed by atoms with Crippen molar-refractivity contribution in [3.05, 3.63) is 29.8 Å². The van der Waals surface area contributed by atoms with Crippen molar-refractivity contribution in [3.8, 4) is 0 Å². The number of carbonyl (C=O) groups is 1. The molecular weight excluding hydrogens is 264 g/mol. The lowest BCUT2D eigenvalue weighted by Crippen LogP contribution is -3.18. The van der Waals surface area contributed by atoms with Crippen molar-refractivity contribution in [2.45, 2.75) is 38.1 Å². The number of rotatable bonds is 3. The molecule has 114 valence electrons. The Morgan fingerprint density at radius 1 is 1.24 bits per heavy atom. The van der Waals surface area contributed by atoms with Gasteiger partial charge in [0.25, 0.3) is 0 Å². The Kier molecular flexibility index (Phi) is 4.44. The van der Waals surface area contributed by atoms with Crippen LogP contribution in [0.4, 0.5) is 5.69 Å². The molecule has 1 aromatic carbocycles. The zero-order valence-corrected chi connectivity index (χ0v) is 12.5. The number of hydrogen-bond acceptors (Lipinski definition) is 3. The highest BCUT2D eigenvalue weighted by molar-refractivity contribution is 5.90. The standard InChI is InChI=1S/C17H24N2O2/c18-15-7-3-5-13(11-15)17(20)21-12-14-6-4-10-19-9-2-1-8-16(14)19/h3,5,7,11,14,16H,1-2,4,6,8-10,12,18H2/p+1/t14-,16+/m0/s1. The smallest absolute Gasteiger partial charge is 0.338 e. The molecule has 4 heteroatoms. The van der Waals surface area contributed by atoms with Crippen molar-refractivity contribution in [3.63, 3.8) is 0 Å². The molecule has 0 aromatic heterocycles. The highest BCUT2D eigenvalue weighted by Gasteiger charge is 2.37. The Morgan fingerprint density at radius 2 is 2.10 bits per heavy atom. The number of piperidine rings is 2. The number of benzene rings is 1. The molecule has 4 nitrogen and oxygen atoms in total. The van der Waals surface area contributed by atoms with Crippen LogP contribution in [-0.2, 0) is 4.74 Å². The average molecular weight is 289 g/mol. The summed E-state index contributed by atoms with van der Waals surface area (Å²) in [4.78, 5) is 13.8. The first kappa shape index (κ1) is 14.4. The van der Waals surface area contributed by atoms with Crippen LogP contribution in [0.15, 0.2) is 24.3 Å². The predicted octanol–water partition coefficient (Wildman–Crippen LogP) is 1.27. The van der Waals surface area contributed by atoms with Gasteiger partial charge in [-0.2, -0.15) is 0 Å². The van der Waals surface area contributed by atoms with E-state index in [0.717, 1.165) is 0 Å². The Bertz CT molecular complexity index is 501. The lowest BCUT2D eigenvalue weighted by atomic mass is 9.84. The van der Waals surface area contributed by atoms with Crippen LogP contribution in [0.1, 0.15) is 42.5 Å². The lowest BCUT2D eigenvalue weighted by molar-refractivity contribution is -0.940. The van der Waals surface area contributed by atoms with Crippen LogP contribution in [0, 0.1) is 5.92 Å². The summed E-state index contributed by atoms with van der Waals surface area (Å²) < 4.78 is 5.56. The third kappa shape index (κ3) is 3.38. The van der Waals surface area contributed by atoms with Crippen molar-refractivity contribution < 1.29 is 14.4 Å². The normalized spacial score (nSPS) is 28.7. The van der Waals surface area contributed by atoms with Crippen LogP contribution in [-0.4, -0.2) is 31.7 Å². The summed E-state index contributed by atoms with van der Waals surface area (Å²) in [6.45, 7) is 3.15. The second kappa shape index (κ2) is 6.48. The fraction of sp³-hybridized carbons (Fsp3) is 0.588. The number of quaternary nitrogens is 1. The molecular formula is C17H25N2O2+. The van der Waals surface area contributed by atoms with Gasteiger partial charge in [0, 0.05) is 11.6 Å². The van der Waals surface area contributed by atoms with Crippen molar-refractivity contribution in [2.24, 2.45) is 5.92 Å². The molecule has 3 rings (SSSR count). The van der Waals surface area contributed by atoms with E-state index >= 15 is 0 Å². The molecule has 2 aliphatic rings. The molecule has 0 saturated carbocycles. The van der Waals surface area contributed by atoms with Gasteiger partial charge in [-0.15, -0.1) is 0 Å². The van der Waals surface area contributed by atoms with Gasteiger partial charge in [0.05, 0.1) is 24.7 Å². The van der Waals surface area contributed by atoms with Crippen molar-refractivity contribution in [1.82, 2.24) is 0 Å². The lowest BCUT2D eigenvalue weighted by Gasteiger charge is -2.40. The Balaban J connectivity index is 1.57. The summed E-state index contributed by atoms with van der Waals surface area (Å²) in [5, 5.41) is 0. The fourth-order valence-electron chi connectivity index (χ4n) is 3.91. The average Bonchev–Trinajstić information content (AvgIpc) is 2.52. The Morgan fingerprint density at radius 3 is 2.95 bits per heavy atom. The summed E-state index contributed by atoms with van der Waals surface area (Å²) in [6.07, 6.45) is 6.41. The molecule has 3 atom stereocenters. The monoisotopic (exact) mass is 289 g/mol. The van der Waals surface area contributed by atoms with E-state index in [9.17, 15) is 4.79 Å². The summed E-state index contributed by atoms with van der Waals surface area (Å²) in [5.41, 5.74) is 6.87. The first-order valence-electron chi connectivity index (χ1n) is 8.11. The number of nitrogens with two attached hydrogens (primary N) is 1. The van der Waals surface area contributed by atoms with Crippen LogP contribution in [0.2, 0.25) is 0 Å². The van der Waals surface area contributed by atoms with Crippen LogP contribution >= 0.6 is 0 Å². The van der Waals surface area contributed by atoms with Gasteiger partial charge in [-0.3, -0.25) is 0 Å². The van der Waals surface area contributed by atoms with Crippen LogP contribution < -0.4 is 10.6 Å². The molecule has 0 aliphatic carbocycles. The molecule has 0 radical (unpaired) electrons. The number of carbonyl (C=O) groups excluding carboxylic acids is 1. The number of hydrogen-bond donors (Lipinski definition) is 2. The molecule has 1 aromatic rings. The van der Waals surface area contributed by atoms with Gasteiger partial charge in [0.2, 0.25) is 0 Å². The van der Waals surface area contributed by atoms with Gasteiger partial charge in [-0.25, -0.2) is 4.79 Å². The minimum Gasteiger partial charge on any atom is -0.462 e. The van der Waals surface area contributed by atoms with Gasteiger partial charge < -0.3 is 15.4 Å². The van der Waals surface area contributed by atoms with Crippen molar-refractivity contribution in [2.75, 3.05) is 25.4 Å². The Labute approximate surface area is 126 Å². The highest BCUT2D eigenvalue weighted by Crippen LogP contribution is 2.21. The van der Waals surface area contributed by atoms with Gasteiger partial charge in [0.15, 0.2) is 0 Å². The van der Waals surface area contributed by atoms with Gasteiger partial charge in [-0.05, 0) is 50.3 Å². The molecule has 0 amide bonds. The number of anilines is 1. The minimum absolute atomic E-state index is 0.245. The topological polar surface area (TPSA) is 56.8 Å². The molecule has 0 bridgehead atoms. The number of nitrogens with one attached hydrogen (secondary N) is 1. The SMILES string of the molecule is Nc1cccc(C(=O)OC[C@@H]2CCC[NH+]3CCCC[C@H]23)c1. The Hall–Kier alpha value is -1.55. The largest absolute Gasteiger partial charge is 0.462 e. The number of ether oxygens (including phenoxy) is 1. The summed E-state index contributed by atoms with van der Waals surface area (Å²) in [6, 6.07) is 7.71. The van der Waals surface area contributed by atoms with Crippen molar-refractivity contribution in [1.29, 1.82) is 0 Å². The van der Waals surface area contributed by atoms with E-state index in [1.54, 1.807) is 29.2 Å². The van der Waals surface area contributed by atoms with E-state index in [1.165, 1.54) is 45.2 Å². The maximum Gasteiger partial charge on any atom is 0.338 e. The molecule has 3 N–H and O–H groups in total. The third-order valence-electron chi connectivity index (χ3n) is 4.98. The zero-order chi connectivity index (χ0) is 14.7. The molecule has 2 heterocycles. The summed E-state index contributed by atoms with van der Waals surface area (Å²) in [5.74, 6) is 0.282. The van der Waals surface area contributed by atoms with Crippen LogP contribution in [0.25, 0.3) is 0 Å². The highest BCUT2D eigenvalue weighted by atomic mass is 16.5. The maximum absolute atomic E-state index is 12.1. The van der Waals surface area contributed by atoms with Crippen molar-refractivity contribution >= 4 is 11.7 Å². The quantitative estimate of drug-likeness (QED) is 0.651. The van der Waals surface area contributed by atoms with E-state index in [2.05, 4.69) is 0 Å². The van der Waals surface area contributed by atoms with Gasteiger partial charge >= 0.3 is 5.97 Å². The molecule has 0 spiro atoms. The molecule has 2 saturated heterocycles. The summed E-state index contributed by atoms with van der Waals surface area (Å²) >= 11 is 0. The number of nitrogen functional groups attached to an aromatic ring is 1. The zero-order valence-electron chi connectivity index (χ0n) is 12.5. The number of esters is 1. The number of fused-ring (bicyclic) bond motifs is 1. The molecule has 2 aliphatic heterocycles. The molecule has 1 unspecified atom stereocenters. The fourth-order valence-corrected chi connectivity index (χ4v) is 3.91. The van der Waals surface area contributed by atoms with Crippen LogP contribution in [0.3, 0.4) is 0 Å². The van der Waals surface area contributed by atoms with E-state index in [4.69, 9.17) is 10.5 Å². The molecule has 2 fully saturated rings. The first-order valence-corrected chi connectivity index (χ1v) is 8.11. The van der Waals surface area contributed by atoms with E-state index in [0.29, 0.717) is 29.8 Å². The predicted molar refractivity (Wildman–Crippen MR) is 82.2 cm³/mol.